The lowest BCUT2D eigenvalue weighted by Crippen LogP contribution is -2.36. The van der Waals surface area contributed by atoms with Crippen LogP contribution in [-0.4, -0.2) is 19.7 Å². The van der Waals surface area contributed by atoms with Crippen LogP contribution in [0.3, 0.4) is 0 Å². The summed E-state index contributed by atoms with van der Waals surface area (Å²) in [5.41, 5.74) is 0. The number of hydrogen-bond donors (Lipinski definition) is 1. The highest BCUT2D eigenvalue weighted by molar-refractivity contribution is 5.22. The Morgan fingerprint density at radius 1 is 1.24 bits per heavy atom. The summed E-state index contributed by atoms with van der Waals surface area (Å²) in [5, 5.41) is 3.22. The molecular formula is C14H20FNO. The van der Waals surface area contributed by atoms with Gasteiger partial charge < -0.3 is 10.1 Å². The summed E-state index contributed by atoms with van der Waals surface area (Å²) in [6.07, 6.45) is 5.10. The van der Waals surface area contributed by atoms with Crippen molar-refractivity contribution in [2.24, 2.45) is 5.92 Å². The van der Waals surface area contributed by atoms with E-state index in [1.807, 2.05) is 7.05 Å². The van der Waals surface area contributed by atoms with Gasteiger partial charge in [0.15, 0.2) is 0 Å². The zero-order chi connectivity index (χ0) is 12.1. The van der Waals surface area contributed by atoms with Gasteiger partial charge in [-0.3, -0.25) is 0 Å². The zero-order valence-electron chi connectivity index (χ0n) is 10.3. The molecule has 0 amide bonds. The van der Waals surface area contributed by atoms with Crippen LogP contribution in [0.4, 0.5) is 4.39 Å². The van der Waals surface area contributed by atoms with Crippen molar-refractivity contribution in [1.29, 1.82) is 0 Å². The Kier molecular flexibility index (Phi) is 4.37. The quantitative estimate of drug-likeness (QED) is 0.869. The SMILES string of the molecule is CNCC1CCCCC1Oc1ccc(F)cc1. The highest BCUT2D eigenvalue weighted by Gasteiger charge is 2.26. The van der Waals surface area contributed by atoms with Crippen LogP contribution in [-0.2, 0) is 0 Å². The molecule has 1 aromatic rings. The molecule has 1 fully saturated rings. The third-order valence-electron chi connectivity index (χ3n) is 3.41. The molecule has 2 unspecified atom stereocenters. The van der Waals surface area contributed by atoms with E-state index in [0.717, 1.165) is 18.7 Å². The van der Waals surface area contributed by atoms with Gasteiger partial charge >= 0.3 is 0 Å². The minimum atomic E-state index is -0.215. The van der Waals surface area contributed by atoms with Crippen molar-refractivity contribution in [3.63, 3.8) is 0 Å². The summed E-state index contributed by atoms with van der Waals surface area (Å²) in [4.78, 5) is 0. The molecule has 0 saturated heterocycles. The van der Waals surface area contributed by atoms with Crippen LogP contribution >= 0.6 is 0 Å². The van der Waals surface area contributed by atoms with E-state index < -0.39 is 0 Å². The molecule has 0 aliphatic heterocycles. The molecule has 1 N–H and O–H groups in total. The molecule has 2 rings (SSSR count). The largest absolute Gasteiger partial charge is 0.490 e. The van der Waals surface area contributed by atoms with Crippen LogP contribution < -0.4 is 10.1 Å². The molecule has 0 radical (unpaired) electrons. The topological polar surface area (TPSA) is 21.3 Å². The maximum absolute atomic E-state index is 12.8. The molecule has 0 aromatic heterocycles. The van der Waals surface area contributed by atoms with Crippen molar-refractivity contribution in [2.75, 3.05) is 13.6 Å². The van der Waals surface area contributed by atoms with Gasteiger partial charge in [-0.15, -0.1) is 0 Å². The number of hydrogen-bond acceptors (Lipinski definition) is 2. The van der Waals surface area contributed by atoms with E-state index in [2.05, 4.69) is 5.32 Å². The standard InChI is InChI=1S/C14H20FNO/c1-16-10-11-4-2-3-5-14(11)17-13-8-6-12(15)7-9-13/h6-9,11,14,16H,2-5,10H2,1H3. The Balaban J connectivity index is 1.97. The van der Waals surface area contributed by atoms with Crippen molar-refractivity contribution in [3.05, 3.63) is 30.1 Å². The van der Waals surface area contributed by atoms with Gasteiger partial charge in [-0.05, 0) is 50.6 Å². The van der Waals surface area contributed by atoms with Crippen molar-refractivity contribution in [3.8, 4) is 5.75 Å². The third kappa shape index (κ3) is 3.43. The second-order valence-corrected chi connectivity index (χ2v) is 4.71. The lowest BCUT2D eigenvalue weighted by atomic mass is 9.86. The first kappa shape index (κ1) is 12.4. The Morgan fingerprint density at radius 2 is 1.94 bits per heavy atom. The van der Waals surface area contributed by atoms with E-state index in [9.17, 15) is 4.39 Å². The zero-order valence-corrected chi connectivity index (χ0v) is 10.3. The normalized spacial score (nSPS) is 24.6. The first-order valence-electron chi connectivity index (χ1n) is 6.36. The smallest absolute Gasteiger partial charge is 0.123 e. The second kappa shape index (κ2) is 6.01. The summed E-state index contributed by atoms with van der Waals surface area (Å²) in [6, 6.07) is 6.32. The Bertz CT molecular complexity index is 337. The fourth-order valence-corrected chi connectivity index (χ4v) is 2.51. The monoisotopic (exact) mass is 237 g/mol. The van der Waals surface area contributed by atoms with Gasteiger partial charge in [-0.2, -0.15) is 0 Å². The van der Waals surface area contributed by atoms with Gasteiger partial charge in [-0.1, -0.05) is 6.42 Å². The van der Waals surface area contributed by atoms with Gasteiger partial charge in [0, 0.05) is 12.5 Å². The molecule has 3 heteroatoms. The molecule has 1 saturated carbocycles. The molecule has 0 bridgehead atoms. The Morgan fingerprint density at radius 3 is 2.65 bits per heavy atom. The molecule has 0 heterocycles. The van der Waals surface area contributed by atoms with E-state index >= 15 is 0 Å². The van der Waals surface area contributed by atoms with Crippen molar-refractivity contribution in [1.82, 2.24) is 5.32 Å². The molecule has 0 spiro atoms. The average molecular weight is 237 g/mol. The molecule has 94 valence electrons. The molecule has 17 heavy (non-hydrogen) atoms. The number of ether oxygens (including phenoxy) is 1. The van der Waals surface area contributed by atoms with Gasteiger partial charge in [0.05, 0.1) is 0 Å². The molecule has 1 aliphatic carbocycles. The fraction of sp³-hybridized carbons (Fsp3) is 0.571. The minimum absolute atomic E-state index is 0.215. The molecule has 2 atom stereocenters. The lowest BCUT2D eigenvalue weighted by molar-refractivity contribution is 0.0930. The van der Waals surface area contributed by atoms with Crippen molar-refractivity contribution < 1.29 is 9.13 Å². The molecular weight excluding hydrogens is 217 g/mol. The van der Waals surface area contributed by atoms with Crippen LogP contribution in [0.5, 0.6) is 5.75 Å². The number of benzene rings is 1. The van der Waals surface area contributed by atoms with Crippen LogP contribution in [0.25, 0.3) is 0 Å². The fourth-order valence-electron chi connectivity index (χ4n) is 2.51. The number of halogens is 1. The second-order valence-electron chi connectivity index (χ2n) is 4.71. The van der Waals surface area contributed by atoms with Crippen LogP contribution in [0.2, 0.25) is 0 Å². The van der Waals surface area contributed by atoms with E-state index in [1.54, 1.807) is 12.1 Å². The summed E-state index contributed by atoms with van der Waals surface area (Å²) >= 11 is 0. The highest BCUT2D eigenvalue weighted by Crippen LogP contribution is 2.28. The van der Waals surface area contributed by atoms with Crippen LogP contribution in [0.15, 0.2) is 24.3 Å². The van der Waals surface area contributed by atoms with E-state index in [0.29, 0.717) is 5.92 Å². The van der Waals surface area contributed by atoms with E-state index in [-0.39, 0.29) is 11.9 Å². The molecule has 1 aromatic carbocycles. The minimum Gasteiger partial charge on any atom is -0.490 e. The maximum atomic E-state index is 12.8. The number of rotatable bonds is 4. The first-order chi connectivity index (χ1) is 8.29. The van der Waals surface area contributed by atoms with Gasteiger partial charge in [0.2, 0.25) is 0 Å². The van der Waals surface area contributed by atoms with E-state index in [1.165, 1.54) is 31.4 Å². The molecule has 1 aliphatic rings. The van der Waals surface area contributed by atoms with Crippen LogP contribution in [0, 0.1) is 11.7 Å². The average Bonchev–Trinajstić information content (AvgIpc) is 2.35. The van der Waals surface area contributed by atoms with Crippen molar-refractivity contribution >= 4 is 0 Å². The molecule has 2 nitrogen and oxygen atoms in total. The van der Waals surface area contributed by atoms with E-state index in [4.69, 9.17) is 4.74 Å². The van der Waals surface area contributed by atoms with Gasteiger partial charge in [0.25, 0.3) is 0 Å². The summed E-state index contributed by atoms with van der Waals surface area (Å²) in [6.45, 7) is 0.992. The highest BCUT2D eigenvalue weighted by atomic mass is 19.1. The Labute approximate surface area is 102 Å². The lowest BCUT2D eigenvalue weighted by Gasteiger charge is -2.31. The maximum Gasteiger partial charge on any atom is 0.123 e. The van der Waals surface area contributed by atoms with Crippen molar-refractivity contribution in [2.45, 2.75) is 31.8 Å². The predicted octanol–water partition coefficient (Wildman–Crippen LogP) is 2.98. The van der Waals surface area contributed by atoms with Crippen LogP contribution in [0.1, 0.15) is 25.7 Å². The number of nitrogens with one attached hydrogen (secondary N) is 1. The predicted molar refractivity (Wildman–Crippen MR) is 66.7 cm³/mol. The van der Waals surface area contributed by atoms with Gasteiger partial charge in [-0.25, -0.2) is 4.39 Å². The third-order valence-corrected chi connectivity index (χ3v) is 3.41. The van der Waals surface area contributed by atoms with Gasteiger partial charge in [0.1, 0.15) is 17.7 Å². The Hall–Kier alpha value is -1.09. The summed E-state index contributed by atoms with van der Waals surface area (Å²) < 4.78 is 18.8. The summed E-state index contributed by atoms with van der Waals surface area (Å²) in [5.74, 6) is 1.13. The first-order valence-corrected chi connectivity index (χ1v) is 6.36. The summed E-state index contributed by atoms with van der Waals surface area (Å²) in [7, 11) is 1.98.